The van der Waals surface area contributed by atoms with E-state index in [2.05, 4.69) is 11.2 Å². The van der Waals surface area contributed by atoms with Gasteiger partial charge in [0, 0.05) is 23.2 Å². The minimum absolute atomic E-state index is 0.120. The molecule has 18 heavy (non-hydrogen) atoms. The summed E-state index contributed by atoms with van der Waals surface area (Å²) in [5.74, 6) is 0.853. The van der Waals surface area contributed by atoms with Crippen LogP contribution in [0.4, 0.5) is 4.39 Å². The summed E-state index contributed by atoms with van der Waals surface area (Å²) in [6, 6.07) is 4.50. The second-order valence-corrected chi connectivity index (χ2v) is 5.67. The van der Waals surface area contributed by atoms with Crippen molar-refractivity contribution in [3.05, 3.63) is 34.6 Å². The Bertz CT molecular complexity index is 376. The van der Waals surface area contributed by atoms with E-state index in [0.717, 1.165) is 18.7 Å². The fraction of sp³-hybridized carbons (Fsp3) is 0.538. The molecule has 0 aromatic heterocycles. The first-order valence-corrected chi connectivity index (χ1v) is 7.71. The van der Waals surface area contributed by atoms with E-state index in [0.29, 0.717) is 17.1 Å². The van der Waals surface area contributed by atoms with Crippen LogP contribution in [-0.2, 0) is 0 Å². The molecule has 0 bridgehead atoms. The van der Waals surface area contributed by atoms with Crippen molar-refractivity contribution >= 4 is 23.4 Å². The van der Waals surface area contributed by atoms with Crippen LogP contribution >= 0.6 is 23.4 Å². The van der Waals surface area contributed by atoms with E-state index in [1.807, 2.05) is 18.8 Å². The highest BCUT2D eigenvalue weighted by atomic mass is 35.5. The van der Waals surface area contributed by atoms with Gasteiger partial charge in [-0.2, -0.15) is 11.8 Å². The van der Waals surface area contributed by atoms with Crippen LogP contribution < -0.4 is 5.73 Å². The van der Waals surface area contributed by atoms with Gasteiger partial charge in [-0.15, -0.1) is 0 Å². The van der Waals surface area contributed by atoms with Gasteiger partial charge in [-0.25, -0.2) is 4.39 Å². The van der Waals surface area contributed by atoms with Crippen LogP contribution in [0, 0.1) is 5.82 Å². The number of likely N-dealkylation sites (N-methyl/N-ethyl adjacent to an activating group) is 1. The molecule has 0 aliphatic carbocycles. The van der Waals surface area contributed by atoms with Gasteiger partial charge in [-0.3, -0.25) is 4.90 Å². The van der Waals surface area contributed by atoms with Crippen molar-refractivity contribution in [3.63, 3.8) is 0 Å². The van der Waals surface area contributed by atoms with E-state index in [1.54, 1.807) is 12.1 Å². The fourth-order valence-corrected chi connectivity index (χ4v) is 2.53. The average Bonchev–Trinajstić information content (AvgIpc) is 2.35. The molecule has 0 amide bonds. The zero-order valence-corrected chi connectivity index (χ0v) is 12.4. The summed E-state index contributed by atoms with van der Waals surface area (Å²) in [7, 11) is 1.97. The lowest BCUT2D eigenvalue weighted by Gasteiger charge is -2.27. The Balaban J connectivity index is 2.78. The molecule has 1 aromatic rings. The van der Waals surface area contributed by atoms with Crippen LogP contribution in [0.5, 0.6) is 0 Å². The van der Waals surface area contributed by atoms with Crippen molar-refractivity contribution in [1.82, 2.24) is 4.90 Å². The third kappa shape index (κ3) is 4.43. The van der Waals surface area contributed by atoms with E-state index in [-0.39, 0.29) is 11.9 Å². The third-order valence-corrected chi connectivity index (χ3v) is 3.86. The Labute approximate surface area is 118 Å². The van der Waals surface area contributed by atoms with Gasteiger partial charge in [-0.1, -0.05) is 11.6 Å². The largest absolute Gasteiger partial charge is 0.329 e. The van der Waals surface area contributed by atoms with Gasteiger partial charge < -0.3 is 5.73 Å². The Morgan fingerprint density at radius 2 is 2.22 bits per heavy atom. The minimum atomic E-state index is -0.244. The molecule has 0 saturated carbocycles. The van der Waals surface area contributed by atoms with Crippen LogP contribution in [0.15, 0.2) is 18.2 Å². The second-order valence-electron chi connectivity index (χ2n) is 4.24. The molecule has 0 radical (unpaired) electrons. The van der Waals surface area contributed by atoms with Crippen molar-refractivity contribution in [2.75, 3.05) is 32.1 Å². The maximum absolute atomic E-state index is 13.8. The molecular weight excluding hydrogens is 271 g/mol. The number of hydrogen-bond acceptors (Lipinski definition) is 3. The Hall–Kier alpha value is -0.290. The Morgan fingerprint density at radius 1 is 1.50 bits per heavy atom. The standard InChI is InChI=1S/C13H20ClFN2S/c1-17(6-3-7-18-2)13(9-16)11-8-10(14)4-5-12(11)15/h4-5,8,13H,3,6-7,9,16H2,1-2H3. The average molecular weight is 291 g/mol. The van der Waals surface area contributed by atoms with Crippen molar-refractivity contribution in [1.29, 1.82) is 0 Å². The number of nitrogens with zero attached hydrogens (tertiary/aromatic N) is 1. The summed E-state index contributed by atoms with van der Waals surface area (Å²) in [4.78, 5) is 2.09. The van der Waals surface area contributed by atoms with Crippen molar-refractivity contribution in [2.45, 2.75) is 12.5 Å². The van der Waals surface area contributed by atoms with E-state index < -0.39 is 0 Å². The lowest BCUT2D eigenvalue weighted by molar-refractivity contribution is 0.246. The number of thioether (sulfide) groups is 1. The van der Waals surface area contributed by atoms with Crippen molar-refractivity contribution in [3.8, 4) is 0 Å². The molecule has 0 aliphatic rings. The predicted octanol–water partition coefficient (Wildman–Crippen LogP) is 3.16. The lowest BCUT2D eigenvalue weighted by atomic mass is 10.0. The van der Waals surface area contributed by atoms with Crippen LogP contribution in [-0.4, -0.2) is 37.0 Å². The molecule has 0 spiro atoms. The molecule has 1 unspecified atom stereocenters. The molecule has 5 heteroatoms. The first-order chi connectivity index (χ1) is 8.60. The van der Waals surface area contributed by atoms with Crippen molar-refractivity contribution < 1.29 is 4.39 Å². The predicted molar refractivity (Wildman–Crippen MR) is 78.8 cm³/mol. The molecule has 0 saturated heterocycles. The zero-order chi connectivity index (χ0) is 13.5. The number of hydrogen-bond donors (Lipinski definition) is 1. The third-order valence-electron chi connectivity index (χ3n) is 2.93. The van der Waals surface area contributed by atoms with Crippen LogP contribution in [0.25, 0.3) is 0 Å². The first kappa shape index (κ1) is 15.8. The van der Waals surface area contributed by atoms with E-state index >= 15 is 0 Å². The zero-order valence-electron chi connectivity index (χ0n) is 10.8. The highest BCUT2D eigenvalue weighted by Gasteiger charge is 2.19. The van der Waals surface area contributed by atoms with Gasteiger partial charge >= 0.3 is 0 Å². The quantitative estimate of drug-likeness (QED) is 0.782. The van der Waals surface area contributed by atoms with E-state index in [1.165, 1.54) is 6.07 Å². The molecule has 1 atom stereocenters. The number of benzene rings is 1. The van der Waals surface area contributed by atoms with Gasteiger partial charge in [0.2, 0.25) is 0 Å². The summed E-state index contributed by atoms with van der Waals surface area (Å²) in [6.45, 7) is 1.28. The summed E-state index contributed by atoms with van der Waals surface area (Å²) >= 11 is 7.73. The topological polar surface area (TPSA) is 29.3 Å². The Kier molecular flexibility index (Phi) is 7.00. The summed E-state index contributed by atoms with van der Waals surface area (Å²) in [5.41, 5.74) is 6.35. The highest BCUT2D eigenvalue weighted by Crippen LogP contribution is 2.24. The first-order valence-electron chi connectivity index (χ1n) is 5.94. The van der Waals surface area contributed by atoms with Crippen molar-refractivity contribution in [2.24, 2.45) is 5.73 Å². The molecule has 0 fully saturated rings. The number of rotatable bonds is 7. The molecule has 102 valence electrons. The molecule has 1 rings (SSSR count). The summed E-state index contributed by atoms with van der Waals surface area (Å²) in [5, 5.41) is 0.544. The summed E-state index contributed by atoms with van der Waals surface area (Å²) < 4.78 is 13.8. The lowest BCUT2D eigenvalue weighted by Crippen LogP contribution is -2.32. The van der Waals surface area contributed by atoms with Crippen LogP contribution in [0.3, 0.4) is 0 Å². The molecular formula is C13H20ClFN2S. The van der Waals surface area contributed by atoms with Gasteiger partial charge in [0.05, 0.1) is 0 Å². The minimum Gasteiger partial charge on any atom is -0.329 e. The fourth-order valence-electron chi connectivity index (χ4n) is 1.93. The molecule has 2 N–H and O–H groups in total. The molecule has 2 nitrogen and oxygen atoms in total. The Morgan fingerprint density at radius 3 is 2.83 bits per heavy atom. The monoisotopic (exact) mass is 290 g/mol. The van der Waals surface area contributed by atoms with Gasteiger partial charge in [0.15, 0.2) is 0 Å². The van der Waals surface area contributed by atoms with E-state index in [9.17, 15) is 4.39 Å². The normalized spacial score (nSPS) is 13.0. The van der Waals surface area contributed by atoms with Crippen LogP contribution in [0.1, 0.15) is 18.0 Å². The van der Waals surface area contributed by atoms with Gasteiger partial charge in [-0.05, 0) is 50.2 Å². The van der Waals surface area contributed by atoms with Gasteiger partial charge in [0.25, 0.3) is 0 Å². The SMILES string of the molecule is CSCCCN(C)C(CN)c1cc(Cl)ccc1F. The molecule has 1 aromatic carbocycles. The number of halogens is 2. The van der Waals surface area contributed by atoms with Crippen LogP contribution in [0.2, 0.25) is 5.02 Å². The smallest absolute Gasteiger partial charge is 0.128 e. The maximum Gasteiger partial charge on any atom is 0.128 e. The summed E-state index contributed by atoms with van der Waals surface area (Å²) in [6.07, 6.45) is 3.15. The molecule has 0 aliphatic heterocycles. The maximum atomic E-state index is 13.8. The van der Waals surface area contributed by atoms with Gasteiger partial charge in [0.1, 0.15) is 5.82 Å². The second kappa shape index (κ2) is 8.00. The molecule has 0 heterocycles. The number of nitrogens with two attached hydrogens (primary N) is 1. The highest BCUT2D eigenvalue weighted by molar-refractivity contribution is 7.98. The van der Waals surface area contributed by atoms with E-state index in [4.69, 9.17) is 17.3 Å².